The SMILES string of the molecule is CC.CC.CS(=O)(=O)O.CSOO.O=C(Nc1cccc2cc(S(O)(O)O)c(N=Nc3ccccc3)c(O)c12)c1ccccc1.[Y]. The first-order valence-corrected chi connectivity index (χ1v) is 17.7. The second-order valence-electron chi connectivity index (χ2n) is 7.82. The first kappa shape index (κ1) is 45.6. The predicted molar refractivity (Wildman–Crippen MR) is 182 cm³/mol. The minimum atomic E-state index is -4.23. The zero-order chi connectivity index (χ0) is 34.6. The van der Waals surface area contributed by atoms with Crippen molar-refractivity contribution in [1.29, 1.82) is 0 Å². The van der Waals surface area contributed by atoms with Crippen molar-refractivity contribution in [3.05, 3.63) is 90.5 Å². The van der Waals surface area contributed by atoms with E-state index in [9.17, 15) is 32.0 Å². The van der Waals surface area contributed by atoms with Crippen LogP contribution in [0.5, 0.6) is 5.75 Å². The van der Waals surface area contributed by atoms with Crippen LogP contribution in [0, 0.1) is 0 Å². The monoisotopic (exact) mass is 774 g/mol. The third-order valence-electron chi connectivity index (χ3n) is 4.75. The van der Waals surface area contributed by atoms with Crippen molar-refractivity contribution in [3.63, 3.8) is 0 Å². The molecule has 0 unspecified atom stereocenters. The number of phenolic OH excluding ortho intramolecular Hbond substituents is 1. The van der Waals surface area contributed by atoms with Gasteiger partial charge in [0.05, 0.1) is 22.5 Å². The van der Waals surface area contributed by atoms with Gasteiger partial charge in [0.1, 0.15) is 16.6 Å². The van der Waals surface area contributed by atoms with Crippen LogP contribution in [0.3, 0.4) is 0 Å². The molecular weight excluding hydrogens is 735 g/mol. The summed E-state index contributed by atoms with van der Waals surface area (Å²) in [4.78, 5) is 12.3. The number of nitrogens with zero attached hydrogens (tertiary/aromatic N) is 2. The maximum Gasteiger partial charge on any atom is 0.261 e. The Labute approximate surface area is 300 Å². The van der Waals surface area contributed by atoms with Gasteiger partial charge in [-0.05, 0) is 41.8 Å². The average Bonchev–Trinajstić information content (AvgIpc) is 3.02. The molecule has 4 aromatic carbocycles. The number of fused-ring (bicyclic) bond motifs is 1. The number of amides is 1. The minimum absolute atomic E-state index is 0. The summed E-state index contributed by atoms with van der Waals surface area (Å²) in [5.74, 6) is -0.851. The van der Waals surface area contributed by atoms with Gasteiger partial charge in [-0.2, -0.15) is 17.9 Å². The Kier molecular flexibility index (Phi) is 23.6. The standard InChI is InChI=1S/C23H19N3O5S.2C2H6.CH4O3S.CH4O2S.Y/c27-22-20-16(10-7-13-18(20)24-23(28)15-8-3-1-4-9-15)14-19(32(29,30)31)21(22)26-25-17-11-5-2-6-12-17;2*1-2;1-5(2,3)4;1-4-3-2;/h1-14,27,29-31H,(H,24,28);2*1-2H3;1H3,(H,2,3,4);2H,1H3;. The van der Waals surface area contributed by atoms with E-state index in [2.05, 4.69) is 19.9 Å². The summed E-state index contributed by atoms with van der Waals surface area (Å²) in [6, 6.07) is 23.3. The molecule has 0 heterocycles. The van der Waals surface area contributed by atoms with E-state index in [1.54, 1.807) is 85.1 Å². The van der Waals surface area contributed by atoms with Gasteiger partial charge in [0.15, 0.2) is 5.75 Å². The molecule has 0 fully saturated rings. The van der Waals surface area contributed by atoms with E-state index < -0.39 is 26.7 Å². The van der Waals surface area contributed by atoms with E-state index in [1.807, 2.05) is 27.7 Å². The quantitative estimate of drug-likeness (QED) is 0.0322. The van der Waals surface area contributed by atoms with Crippen molar-refractivity contribution in [2.24, 2.45) is 10.2 Å². The van der Waals surface area contributed by atoms with Gasteiger partial charge >= 0.3 is 0 Å². The fourth-order valence-electron chi connectivity index (χ4n) is 3.20. The van der Waals surface area contributed by atoms with Crippen LogP contribution >= 0.6 is 22.9 Å². The number of azo groups is 1. The fourth-order valence-corrected chi connectivity index (χ4v) is 3.88. The first-order valence-electron chi connectivity index (χ1n) is 13.2. The molecule has 4 rings (SSSR count). The van der Waals surface area contributed by atoms with E-state index in [0.29, 0.717) is 22.9 Å². The molecule has 0 saturated heterocycles. The van der Waals surface area contributed by atoms with E-state index in [1.165, 1.54) is 6.07 Å². The maximum absolute atomic E-state index is 12.6. The maximum atomic E-state index is 12.6. The minimum Gasteiger partial charge on any atom is -0.505 e. The van der Waals surface area contributed by atoms with Crippen molar-refractivity contribution in [3.8, 4) is 5.75 Å². The van der Waals surface area contributed by atoms with E-state index in [4.69, 9.17) is 9.81 Å². The zero-order valence-electron chi connectivity index (χ0n) is 26.1. The van der Waals surface area contributed by atoms with Gasteiger partial charge in [-0.15, -0.1) is 5.11 Å². The number of carbonyl (C=O) groups is 1. The van der Waals surface area contributed by atoms with Crippen LogP contribution in [0.4, 0.5) is 17.1 Å². The third kappa shape index (κ3) is 16.9. The van der Waals surface area contributed by atoms with Crippen LogP contribution in [0.25, 0.3) is 10.8 Å². The molecular formula is C29H39N3O10S3Y. The van der Waals surface area contributed by atoms with Crippen molar-refractivity contribution >= 4 is 66.8 Å². The van der Waals surface area contributed by atoms with Crippen LogP contribution in [-0.4, -0.2) is 55.4 Å². The van der Waals surface area contributed by atoms with Crippen LogP contribution in [-0.2, 0) is 47.2 Å². The van der Waals surface area contributed by atoms with Crippen molar-refractivity contribution < 1.29 is 78.8 Å². The Bertz CT molecular complexity index is 1580. The van der Waals surface area contributed by atoms with Crippen molar-refractivity contribution in [2.75, 3.05) is 17.8 Å². The number of aromatic hydroxyl groups is 1. The average molecular weight is 775 g/mol. The van der Waals surface area contributed by atoms with Gasteiger partial charge in [0.25, 0.3) is 16.0 Å². The predicted octanol–water partition coefficient (Wildman–Crippen LogP) is 9.10. The Hall–Kier alpha value is -2.48. The first-order chi connectivity index (χ1) is 21.3. The fraction of sp³-hybridized carbons (Fsp3) is 0.207. The van der Waals surface area contributed by atoms with Gasteiger partial charge in [-0.3, -0.25) is 9.35 Å². The number of nitrogens with one attached hydrogen (secondary N) is 1. The van der Waals surface area contributed by atoms with E-state index >= 15 is 0 Å². The molecule has 0 aliphatic carbocycles. The summed E-state index contributed by atoms with van der Waals surface area (Å²) in [5.41, 5.74) is 0.850. The van der Waals surface area contributed by atoms with Gasteiger partial charge in [-0.1, -0.05) is 76.2 Å². The number of hydrogen-bond acceptors (Lipinski definition) is 12. The van der Waals surface area contributed by atoms with Crippen molar-refractivity contribution in [1.82, 2.24) is 0 Å². The van der Waals surface area contributed by atoms with Gasteiger partial charge in [0.2, 0.25) is 0 Å². The van der Waals surface area contributed by atoms with Crippen LogP contribution < -0.4 is 5.32 Å². The van der Waals surface area contributed by atoms with Crippen LogP contribution in [0.2, 0.25) is 0 Å². The summed E-state index contributed by atoms with van der Waals surface area (Å²) in [6.45, 7) is 8.00. The summed E-state index contributed by atoms with van der Waals surface area (Å²) in [6.07, 6.45) is 2.34. The second kappa shape index (κ2) is 23.8. The molecule has 0 saturated carbocycles. The molecule has 0 spiro atoms. The topological polar surface area (TPSA) is 219 Å². The third-order valence-corrected chi connectivity index (χ3v) is 5.80. The molecule has 0 aliphatic rings. The molecule has 0 aliphatic heterocycles. The number of phenols is 1. The molecule has 1 amide bonds. The Balaban J connectivity index is 0. The molecule has 251 valence electrons. The Morgan fingerprint density at radius 1 is 0.826 bits per heavy atom. The number of rotatable bonds is 6. The smallest absolute Gasteiger partial charge is 0.261 e. The largest absolute Gasteiger partial charge is 0.505 e. The molecule has 7 N–H and O–H groups in total. The number of hydrogen-bond donors (Lipinski definition) is 7. The Morgan fingerprint density at radius 3 is 1.76 bits per heavy atom. The summed E-state index contributed by atoms with van der Waals surface area (Å²) in [5, 5.41) is 29.7. The summed E-state index contributed by atoms with van der Waals surface area (Å²) >= 11 is 0.912. The van der Waals surface area contributed by atoms with Gasteiger partial charge in [-0.25, -0.2) is 5.26 Å². The number of carbonyl (C=O) groups excluding carboxylic acids is 1. The molecule has 1 radical (unpaired) electrons. The van der Waals surface area contributed by atoms with Gasteiger partial charge in [0, 0.05) is 62.0 Å². The molecule has 0 aromatic heterocycles. The van der Waals surface area contributed by atoms with E-state index in [0.717, 1.165) is 12.0 Å². The van der Waals surface area contributed by atoms with Gasteiger partial charge < -0.3 is 24.1 Å². The Morgan fingerprint density at radius 2 is 1.30 bits per heavy atom. The summed E-state index contributed by atoms with van der Waals surface area (Å²) in [7, 11) is -7.90. The molecule has 46 heavy (non-hydrogen) atoms. The number of anilines is 1. The molecule has 4 aromatic rings. The van der Waals surface area contributed by atoms with Crippen LogP contribution in [0.15, 0.2) is 100 Å². The molecule has 13 nitrogen and oxygen atoms in total. The van der Waals surface area contributed by atoms with Crippen molar-refractivity contribution in [2.45, 2.75) is 32.6 Å². The zero-order valence-corrected chi connectivity index (χ0v) is 31.4. The molecule has 0 atom stereocenters. The molecule has 17 heteroatoms. The van der Waals surface area contributed by atoms with E-state index in [-0.39, 0.29) is 60.3 Å². The molecule has 0 bridgehead atoms. The number of benzene rings is 4. The normalized spacial score (nSPS) is 10.7. The van der Waals surface area contributed by atoms with Crippen LogP contribution in [0.1, 0.15) is 38.1 Å². The second-order valence-corrected chi connectivity index (χ2v) is 11.3. The summed E-state index contributed by atoms with van der Waals surface area (Å²) < 4.78 is 59.1.